The SMILES string of the molecule is [Pd].[Pd].c1ccc([PH+](c2ccccc2)c2ccccc2)cc1.c1ccc([PH+](c2ccccc2)c2ccccc2)cc1.c1ccc([PH+](c2ccccc2)c2ccccc2)cc1.c1ccc([PH+](c2ccccc2)c2ccccc2)cc1. The molecule has 0 saturated carbocycles. The fourth-order valence-corrected chi connectivity index (χ4v) is 19.6. The molecule has 388 valence electrons. The third-order valence-corrected chi connectivity index (χ3v) is 23.7. The molecule has 0 fully saturated rings. The molecule has 0 N–H and O–H groups in total. The monoisotopic (exact) mass is 1260 g/mol. The molecule has 0 atom stereocenters. The van der Waals surface area contributed by atoms with Gasteiger partial charge in [0.25, 0.3) is 0 Å². The van der Waals surface area contributed by atoms with Crippen molar-refractivity contribution in [2.45, 2.75) is 0 Å². The normalized spacial score (nSPS) is 10.3. The van der Waals surface area contributed by atoms with Crippen LogP contribution < -0.4 is 63.7 Å². The van der Waals surface area contributed by atoms with E-state index in [4.69, 9.17) is 0 Å². The molecule has 0 radical (unpaired) electrons. The second-order valence-corrected chi connectivity index (χ2v) is 27.8. The first-order valence-corrected chi connectivity index (χ1v) is 31.9. The molecule has 0 aromatic heterocycles. The van der Waals surface area contributed by atoms with Gasteiger partial charge in [-0.25, -0.2) is 0 Å². The molecule has 0 saturated heterocycles. The summed E-state index contributed by atoms with van der Waals surface area (Å²) in [4.78, 5) is 0. The first-order chi connectivity index (χ1) is 37.8. The van der Waals surface area contributed by atoms with Crippen LogP contribution in [0.1, 0.15) is 0 Å². The van der Waals surface area contributed by atoms with Crippen LogP contribution in [0.2, 0.25) is 0 Å². The van der Waals surface area contributed by atoms with Gasteiger partial charge in [0, 0.05) is 40.8 Å². The zero-order chi connectivity index (χ0) is 51.7. The Kier molecular flexibility index (Phi) is 25.3. The van der Waals surface area contributed by atoms with E-state index in [1.54, 1.807) is 0 Å². The molecule has 0 spiro atoms. The zero-order valence-corrected chi connectivity index (χ0v) is 50.4. The number of hydrogen-bond acceptors (Lipinski definition) is 0. The Hall–Kier alpha value is -6.32. The maximum Gasteiger partial charge on any atom is 0.102 e. The summed E-state index contributed by atoms with van der Waals surface area (Å²) in [6.07, 6.45) is 0. The molecule has 0 amide bonds. The molecular formula is C72H64P4Pd2+4. The molecule has 0 unspecified atom stereocenters. The minimum atomic E-state index is -0.877. The Bertz CT molecular complexity index is 2580. The van der Waals surface area contributed by atoms with E-state index < -0.39 is 31.7 Å². The fraction of sp³-hybridized carbons (Fsp3) is 0. The molecule has 0 aliphatic rings. The van der Waals surface area contributed by atoms with E-state index in [-0.39, 0.29) is 40.8 Å². The van der Waals surface area contributed by atoms with Gasteiger partial charge in [0.1, 0.15) is 63.7 Å². The van der Waals surface area contributed by atoms with Crippen molar-refractivity contribution in [1.29, 1.82) is 0 Å². The fourth-order valence-electron chi connectivity index (χ4n) is 9.26. The van der Waals surface area contributed by atoms with E-state index in [0.717, 1.165) is 0 Å². The van der Waals surface area contributed by atoms with Gasteiger partial charge in [0.05, 0.1) is 31.7 Å². The summed E-state index contributed by atoms with van der Waals surface area (Å²) in [7, 11) is -3.51. The molecule has 0 aliphatic heterocycles. The molecule has 78 heavy (non-hydrogen) atoms. The smallest absolute Gasteiger partial charge is 0.0620 e. The molecule has 0 nitrogen and oxygen atoms in total. The third kappa shape index (κ3) is 17.3. The molecule has 0 heterocycles. The largest absolute Gasteiger partial charge is 0.102 e. The predicted molar refractivity (Wildman–Crippen MR) is 346 cm³/mol. The molecule has 12 aromatic rings. The van der Waals surface area contributed by atoms with Gasteiger partial charge in [-0.1, -0.05) is 218 Å². The van der Waals surface area contributed by atoms with Gasteiger partial charge in [-0.3, -0.25) is 0 Å². The maximum absolute atomic E-state index is 2.24. The van der Waals surface area contributed by atoms with E-state index in [1.807, 2.05) is 0 Å². The molecule has 12 rings (SSSR count). The summed E-state index contributed by atoms with van der Waals surface area (Å²) in [6, 6.07) is 130. The predicted octanol–water partition coefficient (Wildman–Crippen LogP) is 12.7. The van der Waals surface area contributed by atoms with Crippen molar-refractivity contribution in [2.75, 3.05) is 0 Å². The van der Waals surface area contributed by atoms with Crippen LogP contribution in [0.4, 0.5) is 0 Å². The Morgan fingerprint density at radius 3 is 0.231 bits per heavy atom. The summed E-state index contributed by atoms with van der Waals surface area (Å²) in [5.74, 6) is 0. The van der Waals surface area contributed by atoms with Gasteiger partial charge in [-0.2, -0.15) is 0 Å². The minimum Gasteiger partial charge on any atom is -0.0620 e. The van der Waals surface area contributed by atoms with Crippen LogP contribution in [-0.4, -0.2) is 0 Å². The first-order valence-electron chi connectivity index (χ1n) is 25.9. The van der Waals surface area contributed by atoms with Gasteiger partial charge >= 0.3 is 0 Å². The summed E-state index contributed by atoms with van der Waals surface area (Å²) in [6.45, 7) is 0. The van der Waals surface area contributed by atoms with Gasteiger partial charge < -0.3 is 0 Å². The topological polar surface area (TPSA) is 0 Å². The van der Waals surface area contributed by atoms with Crippen molar-refractivity contribution in [2.24, 2.45) is 0 Å². The Morgan fingerprint density at radius 1 is 0.103 bits per heavy atom. The third-order valence-electron chi connectivity index (χ3n) is 12.7. The van der Waals surface area contributed by atoms with Crippen LogP contribution >= 0.6 is 31.7 Å². The standard InChI is InChI=1S/4C18H15P.2Pd/c4*1-4-10-16(11-5-1)19(17-12-6-2-7-13-17)18-14-8-3-9-15-18;;/h4*1-15H;;/p+4. The number of benzene rings is 12. The van der Waals surface area contributed by atoms with Crippen LogP contribution in [-0.2, 0) is 40.8 Å². The summed E-state index contributed by atoms with van der Waals surface area (Å²) >= 11 is 0. The Labute approximate surface area is 496 Å². The number of hydrogen-bond donors (Lipinski definition) is 0. The quantitative estimate of drug-likeness (QED) is 0.0845. The first kappa shape index (κ1) is 59.3. The second-order valence-electron chi connectivity index (χ2n) is 17.9. The van der Waals surface area contributed by atoms with Gasteiger partial charge in [-0.15, -0.1) is 0 Å². The summed E-state index contributed by atoms with van der Waals surface area (Å²) in [5.41, 5.74) is 0. The van der Waals surface area contributed by atoms with Crippen molar-refractivity contribution < 1.29 is 40.8 Å². The van der Waals surface area contributed by atoms with Crippen molar-refractivity contribution in [1.82, 2.24) is 0 Å². The van der Waals surface area contributed by atoms with Crippen molar-refractivity contribution in [3.63, 3.8) is 0 Å². The second kappa shape index (κ2) is 33.2. The van der Waals surface area contributed by atoms with Crippen LogP contribution in [0.3, 0.4) is 0 Å². The van der Waals surface area contributed by atoms with Crippen molar-refractivity contribution >= 4 is 95.3 Å². The minimum absolute atomic E-state index is 0. The molecule has 6 heteroatoms. The maximum atomic E-state index is 2.24. The van der Waals surface area contributed by atoms with Gasteiger partial charge in [0.2, 0.25) is 0 Å². The van der Waals surface area contributed by atoms with Gasteiger partial charge in [0.15, 0.2) is 0 Å². The van der Waals surface area contributed by atoms with Crippen LogP contribution in [0.15, 0.2) is 364 Å². The summed E-state index contributed by atoms with van der Waals surface area (Å²) in [5, 5.41) is 17.2. The molecule has 12 aromatic carbocycles. The van der Waals surface area contributed by atoms with Crippen LogP contribution in [0.25, 0.3) is 0 Å². The van der Waals surface area contributed by atoms with E-state index in [2.05, 4.69) is 364 Å². The average Bonchev–Trinajstić information content (AvgIpc) is 3.51. The Morgan fingerprint density at radius 2 is 0.167 bits per heavy atom. The molecular weight excluding hydrogens is 1200 g/mol. The van der Waals surface area contributed by atoms with Crippen LogP contribution in [0, 0.1) is 0 Å². The van der Waals surface area contributed by atoms with E-state index >= 15 is 0 Å². The molecule has 0 bridgehead atoms. The van der Waals surface area contributed by atoms with E-state index in [0.29, 0.717) is 0 Å². The van der Waals surface area contributed by atoms with Crippen molar-refractivity contribution in [3.05, 3.63) is 364 Å². The molecule has 0 aliphatic carbocycles. The van der Waals surface area contributed by atoms with Crippen LogP contribution in [0.5, 0.6) is 0 Å². The average molecular weight is 1270 g/mol. The van der Waals surface area contributed by atoms with Crippen molar-refractivity contribution in [3.8, 4) is 0 Å². The van der Waals surface area contributed by atoms with E-state index in [9.17, 15) is 0 Å². The van der Waals surface area contributed by atoms with E-state index in [1.165, 1.54) is 63.7 Å². The number of rotatable bonds is 12. The van der Waals surface area contributed by atoms with Gasteiger partial charge in [-0.05, 0) is 146 Å². The zero-order valence-electron chi connectivity index (χ0n) is 43.3. The Balaban J connectivity index is 0.000000149. The summed E-state index contributed by atoms with van der Waals surface area (Å²) < 4.78 is 0.